The first kappa shape index (κ1) is 13.1. The van der Waals surface area contributed by atoms with Crippen molar-refractivity contribution in [2.45, 2.75) is 19.4 Å². The standard InChI is InChI=1S/C13H18N4O3/c1-2-10-8-4-14-3-7(8)6-17(10)12(19)9-5-15-13(20)16-11(9)18/h5,7-8,10,14H,2-4,6H2,1H3,(H2,15,16,18,20). The molecule has 3 atom stereocenters. The van der Waals surface area contributed by atoms with E-state index < -0.39 is 11.2 Å². The summed E-state index contributed by atoms with van der Waals surface area (Å²) in [5, 5.41) is 3.35. The fraction of sp³-hybridized carbons (Fsp3) is 0.615. The molecule has 108 valence electrons. The van der Waals surface area contributed by atoms with Crippen LogP contribution in [0.4, 0.5) is 0 Å². The van der Waals surface area contributed by atoms with Crippen molar-refractivity contribution >= 4 is 5.91 Å². The third kappa shape index (κ3) is 1.98. The van der Waals surface area contributed by atoms with Gasteiger partial charge in [-0.15, -0.1) is 0 Å². The minimum Gasteiger partial charge on any atom is -0.335 e. The minimum atomic E-state index is -0.621. The fourth-order valence-corrected chi connectivity index (χ4v) is 3.50. The third-order valence-corrected chi connectivity index (χ3v) is 4.45. The van der Waals surface area contributed by atoms with Crippen LogP contribution in [0.5, 0.6) is 0 Å². The number of carbonyl (C=O) groups excluding carboxylic acids is 1. The quantitative estimate of drug-likeness (QED) is 0.655. The van der Waals surface area contributed by atoms with Gasteiger partial charge in [0.15, 0.2) is 0 Å². The molecule has 1 aromatic rings. The van der Waals surface area contributed by atoms with Gasteiger partial charge in [-0.25, -0.2) is 4.79 Å². The average Bonchev–Trinajstić information content (AvgIpc) is 2.97. The zero-order valence-corrected chi connectivity index (χ0v) is 11.3. The predicted molar refractivity (Wildman–Crippen MR) is 72.6 cm³/mol. The Morgan fingerprint density at radius 2 is 2.20 bits per heavy atom. The zero-order valence-electron chi connectivity index (χ0n) is 11.3. The van der Waals surface area contributed by atoms with Crippen LogP contribution in [0.25, 0.3) is 0 Å². The van der Waals surface area contributed by atoms with E-state index in [1.807, 2.05) is 0 Å². The summed E-state index contributed by atoms with van der Waals surface area (Å²) in [6.45, 7) is 4.58. The Hall–Kier alpha value is -1.89. The van der Waals surface area contributed by atoms with E-state index in [2.05, 4.69) is 22.2 Å². The van der Waals surface area contributed by atoms with E-state index in [0.717, 1.165) is 19.5 Å². The zero-order chi connectivity index (χ0) is 14.3. The minimum absolute atomic E-state index is 0.0102. The average molecular weight is 278 g/mol. The Morgan fingerprint density at radius 1 is 1.40 bits per heavy atom. The summed E-state index contributed by atoms with van der Waals surface area (Å²) >= 11 is 0. The van der Waals surface area contributed by atoms with Crippen molar-refractivity contribution in [3.05, 3.63) is 32.6 Å². The van der Waals surface area contributed by atoms with Gasteiger partial charge in [-0.05, 0) is 18.3 Å². The molecule has 7 nitrogen and oxygen atoms in total. The molecular weight excluding hydrogens is 260 g/mol. The molecule has 2 aliphatic heterocycles. The lowest BCUT2D eigenvalue weighted by atomic mass is 9.93. The third-order valence-electron chi connectivity index (χ3n) is 4.45. The Bertz CT molecular complexity index is 635. The van der Waals surface area contributed by atoms with Crippen molar-refractivity contribution in [1.82, 2.24) is 20.2 Å². The van der Waals surface area contributed by atoms with E-state index in [-0.39, 0.29) is 17.5 Å². The second-order valence-electron chi connectivity index (χ2n) is 5.50. The summed E-state index contributed by atoms with van der Waals surface area (Å²) < 4.78 is 0. The van der Waals surface area contributed by atoms with Gasteiger partial charge < -0.3 is 15.2 Å². The number of nitrogens with zero attached hydrogens (tertiary/aromatic N) is 1. The van der Waals surface area contributed by atoms with Gasteiger partial charge in [0.05, 0.1) is 0 Å². The number of fused-ring (bicyclic) bond motifs is 1. The highest BCUT2D eigenvalue weighted by Gasteiger charge is 2.45. The van der Waals surface area contributed by atoms with E-state index in [9.17, 15) is 14.4 Å². The molecule has 0 aliphatic carbocycles. The van der Waals surface area contributed by atoms with E-state index in [4.69, 9.17) is 0 Å². The summed E-state index contributed by atoms with van der Waals surface area (Å²) in [5.41, 5.74) is -1.21. The van der Waals surface area contributed by atoms with Crippen molar-refractivity contribution in [2.24, 2.45) is 11.8 Å². The molecule has 3 rings (SSSR count). The SMILES string of the molecule is CCC1C2CNCC2CN1C(=O)c1c[nH]c(=O)[nH]c1=O. The van der Waals surface area contributed by atoms with Crippen molar-refractivity contribution < 1.29 is 4.79 Å². The first-order valence-electron chi connectivity index (χ1n) is 6.95. The second-order valence-corrected chi connectivity index (χ2v) is 5.50. The monoisotopic (exact) mass is 278 g/mol. The maximum Gasteiger partial charge on any atom is 0.325 e. The van der Waals surface area contributed by atoms with Crippen LogP contribution in [-0.4, -0.2) is 46.5 Å². The molecule has 0 spiro atoms. The second kappa shape index (κ2) is 4.90. The molecule has 0 aromatic carbocycles. The number of hydrogen-bond acceptors (Lipinski definition) is 4. The van der Waals surface area contributed by atoms with Crippen LogP contribution in [0.15, 0.2) is 15.8 Å². The molecule has 3 N–H and O–H groups in total. The summed E-state index contributed by atoms with van der Waals surface area (Å²) in [6, 6.07) is 0.161. The predicted octanol–water partition coefficient (Wildman–Crippen LogP) is -0.867. The van der Waals surface area contributed by atoms with E-state index in [0.29, 0.717) is 18.4 Å². The van der Waals surface area contributed by atoms with Crippen molar-refractivity contribution in [2.75, 3.05) is 19.6 Å². The molecule has 0 radical (unpaired) electrons. The number of carbonyl (C=O) groups is 1. The Morgan fingerprint density at radius 3 is 2.90 bits per heavy atom. The normalized spacial score (nSPS) is 28.6. The molecule has 0 bridgehead atoms. The summed E-state index contributed by atoms with van der Waals surface area (Å²) in [5.74, 6) is 0.639. The smallest absolute Gasteiger partial charge is 0.325 e. The molecule has 7 heteroatoms. The molecule has 1 amide bonds. The van der Waals surface area contributed by atoms with Crippen LogP contribution in [0.2, 0.25) is 0 Å². The summed E-state index contributed by atoms with van der Waals surface area (Å²) in [7, 11) is 0. The molecule has 2 aliphatic rings. The number of amides is 1. The van der Waals surface area contributed by atoms with Gasteiger partial charge >= 0.3 is 5.69 Å². The van der Waals surface area contributed by atoms with Gasteiger partial charge in [0.25, 0.3) is 11.5 Å². The Balaban J connectivity index is 1.90. The van der Waals surface area contributed by atoms with Crippen LogP contribution in [-0.2, 0) is 0 Å². The maximum atomic E-state index is 12.5. The molecule has 0 saturated carbocycles. The van der Waals surface area contributed by atoms with Gasteiger partial charge in [0, 0.05) is 31.9 Å². The van der Waals surface area contributed by atoms with Crippen LogP contribution >= 0.6 is 0 Å². The lowest BCUT2D eigenvalue weighted by molar-refractivity contribution is 0.0709. The van der Waals surface area contributed by atoms with Gasteiger partial charge in [-0.2, -0.15) is 0 Å². The molecule has 3 heterocycles. The lowest BCUT2D eigenvalue weighted by Gasteiger charge is -2.26. The van der Waals surface area contributed by atoms with E-state index >= 15 is 0 Å². The number of aromatic amines is 2. The first-order valence-corrected chi connectivity index (χ1v) is 6.95. The largest absolute Gasteiger partial charge is 0.335 e. The Kier molecular flexibility index (Phi) is 3.21. The first-order chi connectivity index (χ1) is 9.61. The molecule has 2 fully saturated rings. The van der Waals surface area contributed by atoms with Crippen LogP contribution in [0, 0.1) is 11.8 Å². The van der Waals surface area contributed by atoms with E-state index in [1.54, 1.807) is 4.90 Å². The van der Waals surface area contributed by atoms with Gasteiger partial charge in [0.1, 0.15) is 5.56 Å². The summed E-state index contributed by atoms with van der Waals surface area (Å²) in [6.07, 6.45) is 2.08. The topological polar surface area (TPSA) is 98.1 Å². The van der Waals surface area contributed by atoms with Crippen molar-refractivity contribution in [3.63, 3.8) is 0 Å². The Labute approximate surface area is 115 Å². The van der Waals surface area contributed by atoms with Crippen molar-refractivity contribution in [1.29, 1.82) is 0 Å². The van der Waals surface area contributed by atoms with Crippen molar-refractivity contribution in [3.8, 4) is 0 Å². The van der Waals surface area contributed by atoms with Gasteiger partial charge in [-0.1, -0.05) is 6.92 Å². The number of rotatable bonds is 2. The number of likely N-dealkylation sites (tertiary alicyclic amines) is 1. The van der Waals surface area contributed by atoms with E-state index in [1.165, 1.54) is 6.20 Å². The van der Waals surface area contributed by atoms with Crippen LogP contribution < -0.4 is 16.6 Å². The highest BCUT2D eigenvalue weighted by molar-refractivity contribution is 5.94. The lowest BCUT2D eigenvalue weighted by Crippen LogP contribution is -2.42. The van der Waals surface area contributed by atoms with Crippen LogP contribution in [0.3, 0.4) is 0 Å². The summed E-state index contributed by atoms with van der Waals surface area (Å²) in [4.78, 5) is 41.6. The van der Waals surface area contributed by atoms with Crippen LogP contribution in [0.1, 0.15) is 23.7 Å². The fourth-order valence-electron chi connectivity index (χ4n) is 3.50. The number of hydrogen-bond donors (Lipinski definition) is 3. The molecule has 1 aromatic heterocycles. The molecule has 2 saturated heterocycles. The maximum absolute atomic E-state index is 12.5. The molecular formula is C13H18N4O3. The molecule has 20 heavy (non-hydrogen) atoms. The number of H-pyrrole nitrogens is 2. The number of aromatic nitrogens is 2. The number of nitrogens with one attached hydrogen (secondary N) is 3. The molecule has 3 unspecified atom stereocenters. The highest BCUT2D eigenvalue weighted by Crippen LogP contribution is 2.34. The van der Waals surface area contributed by atoms with Gasteiger partial charge in [0.2, 0.25) is 0 Å². The van der Waals surface area contributed by atoms with Gasteiger partial charge in [-0.3, -0.25) is 14.6 Å². The highest BCUT2D eigenvalue weighted by atomic mass is 16.2.